The largest absolute Gasteiger partial charge is 0.484 e. The van der Waals surface area contributed by atoms with Gasteiger partial charge in [-0.25, -0.2) is 4.98 Å². The monoisotopic (exact) mass is 359 g/mol. The van der Waals surface area contributed by atoms with Crippen LogP contribution in [-0.4, -0.2) is 30.6 Å². The molecular formula is C19H22ClN3O2. The maximum Gasteiger partial charge on any atom is 0.262 e. The Hall–Kier alpha value is -2.27. The number of benzene rings is 1. The molecule has 1 aromatic carbocycles. The first-order valence-electron chi connectivity index (χ1n) is 8.49. The minimum atomic E-state index is -0.226. The third-order valence-corrected chi connectivity index (χ3v) is 4.57. The lowest BCUT2D eigenvalue weighted by Gasteiger charge is -2.31. The zero-order chi connectivity index (χ0) is 17.6. The summed E-state index contributed by atoms with van der Waals surface area (Å²) in [6.45, 7) is 4.30. The number of carbonyl (C=O) groups excluding carboxylic acids is 1. The van der Waals surface area contributed by atoms with Gasteiger partial charge in [-0.2, -0.15) is 0 Å². The van der Waals surface area contributed by atoms with Crippen molar-refractivity contribution >= 4 is 29.0 Å². The molecule has 2 heterocycles. The molecule has 2 aromatic rings. The van der Waals surface area contributed by atoms with Gasteiger partial charge in [-0.15, -0.1) is 0 Å². The number of amides is 1. The molecule has 1 saturated heterocycles. The lowest BCUT2D eigenvalue weighted by atomic mass is 9.99. The number of aromatic nitrogens is 1. The van der Waals surface area contributed by atoms with Crippen molar-refractivity contribution in [1.82, 2.24) is 4.98 Å². The van der Waals surface area contributed by atoms with Crippen LogP contribution in [0.2, 0.25) is 5.02 Å². The molecule has 132 valence electrons. The van der Waals surface area contributed by atoms with Crippen molar-refractivity contribution in [1.29, 1.82) is 0 Å². The van der Waals surface area contributed by atoms with E-state index in [1.807, 2.05) is 12.1 Å². The second kappa shape index (κ2) is 8.21. The van der Waals surface area contributed by atoms with E-state index in [-0.39, 0.29) is 12.5 Å². The van der Waals surface area contributed by atoms with Gasteiger partial charge in [0.05, 0.1) is 11.9 Å². The first kappa shape index (κ1) is 17.5. The van der Waals surface area contributed by atoms with Crippen LogP contribution >= 0.6 is 11.6 Å². The van der Waals surface area contributed by atoms with Crippen LogP contribution < -0.4 is 15.0 Å². The minimum absolute atomic E-state index is 0.0621. The van der Waals surface area contributed by atoms with E-state index in [1.54, 1.807) is 30.5 Å². The Balaban J connectivity index is 1.49. The fourth-order valence-electron chi connectivity index (χ4n) is 2.76. The topological polar surface area (TPSA) is 54.5 Å². The van der Waals surface area contributed by atoms with Gasteiger partial charge in [-0.05, 0) is 55.2 Å². The summed E-state index contributed by atoms with van der Waals surface area (Å²) in [6, 6.07) is 10.7. The molecule has 0 spiro atoms. The summed E-state index contributed by atoms with van der Waals surface area (Å²) in [7, 11) is 0. The number of hydrogen-bond donors (Lipinski definition) is 1. The highest BCUT2D eigenvalue weighted by Gasteiger charge is 2.16. The summed E-state index contributed by atoms with van der Waals surface area (Å²) in [5.41, 5.74) is 0.666. The summed E-state index contributed by atoms with van der Waals surface area (Å²) in [5.74, 6) is 2.13. The summed E-state index contributed by atoms with van der Waals surface area (Å²) < 4.78 is 5.42. The highest BCUT2D eigenvalue weighted by molar-refractivity contribution is 6.30. The number of nitrogens with one attached hydrogen (secondary N) is 1. The first-order valence-corrected chi connectivity index (χ1v) is 8.87. The molecule has 6 heteroatoms. The maximum atomic E-state index is 12.0. The molecule has 0 saturated carbocycles. The van der Waals surface area contributed by atoms with Crippen molar-refractivity contribution in [3.8, 4) is 5.75 Å². The first-order chi connectivity index (χ1) is 12.1. The van der Waals surface area contributed by atoms with Gasteiger partial charge in [-0.1, -0.05) is 18.5 Å². The van der Waals surface area contributed by atoms with Crippen LogP contribution in [-0.2, 0) is 4.79 Å². The highest BCUT2D eigenvalue weighted by Crippen LogP contribution is 2.22. The van der Waals surface area contributed by atoms with E-state index in [1.165, 1.54) is 12.8 Å². The van der Waals surface area contributed by atoms with Crippen molar-refractivity contribution in [3.05, 3.63) is 47.6 Å². The molecule has 0 atom stereocenters. The van der Waals surface area contributed by atoms with E-state index in [4.69, 9.17) is 16.3 Å². The molecule has 1 aliphatic rings. The predicted molar refractivity (Wildman–Crippen MR) is 100 cm³/mol. The number of carbonyl (C=O) groups is 1. The molecule has 1 amide bonds. The van der Waals surface area contributed by atoms with E-state index in [2.05, 4.69) is 22.1 Å². The second-order valence-corrected chi connectivity index (χ2v) is 6.80. The summed E-state index contributed by atoms with van der Waals surface area (Å²) in [4.78, 5) is 18.7. The molecule has 0 bridgehead atoms. The Morgan fingerprint density at radius 2 is 1.96 bits per heavy atom. The van der Waals surface area contributed by atoms with Gasteiger partial charge in [0, 0.05) is 18.1 Å². The molecule has 0 aliphatic carbocycles. The SMILES string of the molecule is CC1CCN(c2ccc(NC(=O)COc3ccc(Cl)cc3)cn2)CC1. The van der Waals surface area contributed by atoms with Gasteiger partial charge in [0.15, 0.2) is 6.61 Å². The van der Waals surface area contributed by atoms with Crippen LogP contribution in [0.1, 0.15) is 19.8 Å². The standard InChI is InChI=1S/C19H22ClN3O2/c1-14-8-10-23(11-9-14)18-7-4-16(12-21-18)22-19(24)13-25-17-5-2-15(20)3-6-17/h2-7,12,14H,8-11,13H2,1H3,(H,22,24). The predicted octanol–water partition coefficient (Wildman–Crippen LogP) is 3.99. The number of pyridine rings is 1. The molecule has 1 aromatic heterocycles. The lowest BCUT2D eigenvalue weighted by molar-refractivity contribution is -0.118. The quantitative estimate of drug-likeness (QED) is 0.877. The lowest BCUT2D eigenvalue weighted by Crippen LogP contribution is -2.33. The van der Waals surface area contributed by atoms with Crippen LogP contribution in [0.25, 0.3) is 0 Å². The molecule has 5 nitrogen and oxygen atoms in total. The van der Waals surface area contributed by atoms with Gasteiger partial charge in [0.25, 0.3) is 5.91 Å². The normalized spacial score (nSPS) is 15.0. The van der Waals surface area contributed by atoms with E-state index in [0.29, 0.717) is 16.5 Å². The highest BCUT2D eigenvalue weighted by atomic mass is 35.5. The third kappa shape index (κ3) is 5.10. The van der Waals surface area contributed by atoms with Gasteiger partial charge < -0.3 is 15.0 Å². The fraction of sp³-hybridized carbons (Fsp3) is 0.368. The molecular weight excluding hydrogens is 338 g/mol. The van der Waals surface area contributed by atoms with Gasteiger partial charge >= 0.3 is 0 Å². The van der Waals surface area contributed by atoms with Crippen LogP contribution in [0.4, 0.5) is 11.5 Å². The van der Waals surface area contributed by atoms with Crippen molar-refractivity contribution < 1.29 is 9.53 Å². The Bertz CT molecular complexity index is 696. The van der Waals surface area contributed by atoms with Crippen molar-refractivity contribution in [2.24, 2.45) is 5.92 Å². The number of ether oxygens (including phenoxy) is 1. The fourth-order valence-corrected chi connectivity index (χ4v) is 2.89. The van der Waals surface area contributed by atoms with Gasteiger partial charge in [0.1, 0.15) is 11.6 Å². The summed E-state index contributed by atoms with van der Waals surface area (Å²) in [5, 5.41) is 3.42. The van der Waals surface area contributed by atoms with E-state index < -0.39 is 0 Å². The average Bonchev–Trinajstić information content (AvgIpc) is 2.63. The second-order valence-electron chi connectivity index (χ2n) is 6.37. The summed E-state index contributed by atoms with van der Waals surface area (Å²) in [6.07, 6.45) is 4.08. The number of hydrogen-bond acceptors (Lipinski definition) is 4. The zero-order valence-electron chi connectivity index (χ0n) is 14.2. The van der Waals surface area contributed by atoms with Crippen LogP contribution in [0.15, 0.2) is 42.6 Å². The Morgan fingerprint density at radius 1 is 1.24 bits per heavy atom. The molecule has 0 radical (unpaired) electrons. The van der Waals surface area contributed by atoms with Crippen molar-refractivity contribution in [3.63, 3.8) is 0 Å². The van der Waals surface area contributed by atoms with E-state index in [0.717, 1.165) is 24.8 Å². The Morgan fingerprint density at radius 3 is 2.60 bits per heavy atom. The van der Waals surface area contributed by atoms with Crippen LogP contribution in [0.5, 0.6) is 5.75 Å². The van der Waals surface area contributed by atoms with Gasteiger partial charge in [0.2, 0.25) is 0 Å². The van der Waals surface area contributed by atoms with Crippen molar-refractivity contribution in [2.45, 2.75) is 19.8 Å². The van der Waals surface area contributed by atoms with Crippen LogP contribution in [0.3, 0.4) is 0 Å². The van der Waals surface area contributed by atoms with Crippen molar-refractivity contribution in [2.75, 3.05) is 29.9 Å². The molecule has 1 aliphatic heterocycles. The molecule has 0 unspecified atom stereocenters. The molecule has 3 rings (SSSR count). The van der Waals surface area contributed by atoms with Gasteiger partial charge in [-0.3, -0.25) is 4.79 Å². The number of nitrogens with zero attached hydrogens (tertiary/aromatic N) is 2. The Kier molecular flexibility index (Phi) is 5.76. The molecule has 1 fully saturated rings. The molecule has 25 heavy (non-hydrogen) atoms. The molecule has 1 N–H and O–H groups in total. The number of halogens is 1. The van der Waals surface area contributed by atoms with E-state index >= 15 is 0 Å². The third-order valence-electron chi connectivity index (χ3n) is 4.32. The smallest absolute Gasteiger partial charge is 0.262 e. The van der Waals surface area contributed by atoms with Crippen LogP contribution in [0, 0.1) is 5.92 Å². The summed E-state index contributed by atoms with van der Waals surface area (Å²) >= 11 is 5.81. The zero-order valence-corrected chi connectivity index (χ0v) is 15.0. The minimum Gasteiger partial charge on any atom is -0.484 e. The Labute approximate surface area is 153 Å². The average molecular weight is 360 g/mol. The number of piperidine rings is 1. The number of anilines is 2. The number of rotatable bonds is 5. The maximum absolute atomic E-state index is 12.0. The van der Waals surface area contributed by atoms with E-state index in [9.17, 15) is 4.79 Å².